The predicted molar refractivity (Wildman–Crippen MR) is 64.1 cm³/mol. The molecule has 0 aliphatic heterocycles. The Labute approximate surface area is 88.4 Å². The third kappa shape index (κ3) is 1.47. The molecule has 0 aromatic rings. The summed E-state index contributed by atoms with van der Waals surface area (Å²) >= 11 is 0. The van der Waals surface area contributed by atoms with Gasteiger partial charge in [-0.25, -0.2) is 0 Å². The van der Waals surface area contributed by atoms with Gasteiger partial charge in [-0.3, -0.25) is 0 Å². The average molecular weight is 190 g/mol. The Morgan fingerprint density at radius 2 is 2.00 bits per heavy atom. The summed E-state index contributed by atoms with van der Waals surface area (Å²) in [7, 11) is 0. The molecule has 3 aliphatic rings. The lowest BCUT2D eigenvalue weighted by Crippen LogP contribution is -2.48. The molecule has 0 N–H and O–H groups in total. The maximum Gasteiger partial charge on any atom is -0.0106 e. The van der Waals surface area contributed by atoms with Crippen LogP contribution in [0.25, 0.3) is 0 Å². The Morgan fingerprint density at radius 1 is 1.43 bits per heavy atom. The average Bonchev–Trinajstić information content (AvgIpc) is 2.20. The van der Waals surface area contributed by atoms with E-state index >= 15 is 0 Å². The standard InChI is InChI=1S/C12H18.C2H4/c1-8(2)10-6-5-9-7-11(10)12(9,3)4;1-2/h6,9,11H,1,5,7H2,2-4H3;1-2H2. The van der Waals surface area contributed by atoms with Crippen LogP contribution in [-0.4, -0.2) is 0 Å². The maximum atomic E-state index is 4.05. The summed E-state index contributed by atoms with van der Waals surface area (Å²) in [6, 6.07) is 0. The Hall–Kier alpha value is -0.780. The zero-order chi connectivity index (χ0) is 10.9. The van der Waals surface area contributed by atoms with Crippen LogP contribution in [0.3, 0.4) is 0 Å². The van der Waals surface area contributed by atoms with Gasteiger partial charge in [-0.2, -0.15) is 0 Å². The van der Waals surface area contributed by atoms with Crippen molar-refractivity contribution >= 4 is 0 Å². The molecular weight excluding hydrogens is 168 g/mol. The number of rotatable bonds is 1. The molecule has 0 spiro atoms. The molecule has 3 rings (SSSR count). The van der Waals surface area contributed by atoms with Gasteiger partial charge in [-0.1, -0.05) is 32.1 Å². The van der Waals surface area contributed by atoms with Gasteiger partial charge in [0.05, 0.1) is 0 Å². The Kier molecular flexibility index (Phi) is 3.04. The highest BCUT2D eigenvalue weighted by Crippen LogP contribution is 2.60. The van der Waals surface area contributed by atoms with E-state index in [0.29, 0.717) is 5.41 Å². The zero-order valence-corrected chi connectivity index (χ0v) is 9.77. The lowest BCUT2D eigenvalue weighted by molar-refractivity contribution is -0.00422. The Balaban J connectivity index is 0.000000461. The molecule has 0 heterocycles. The minimum absolute atomic E-state index is 0.559. The van der Waals surface area contributed by atoms with Crippen LogP contribution >= 0.6 is 0 Å². The molecule has 1 fully saturated rings. The van der Waals surface area contributed by atoms with Crippen LogP contribution in [0.15, 0.2) is 37.0 Å². The smallest absolute Gasteiger partial charge is 0.0106 e. The molecule has 2 atom stereocenters. The second-order valence-corrected chi connectivity index (χ2v) is 4.98. The molecule has 0 nitrogen and oxygen atoms in total. The van der Waals surface area contributed by atoms with Crippen molar-refractivity contribution in [3.8, 4) is 0 Å². The van der Waals surface area contributed by atoms with Gasteiger partial charge in [0.1, 0.15) is 0 Å². The summed E-state index contributed by atoms with van der Waals surface area (Å²) in [5.74, 6) is 1.76. The highest BCUT2D eigenvalue weighted by molar-refractivity contribution is 5.36. The third-order valence-corrected chi connectivity index (χ3v) is 3.96. The lowest BCUT2D eigenvalue weighted by atomic mass is 9.48. The van der Waals surface area contributed by atoms with Crippen LogP contribution in [0, 0.1) is 17.3 Å². The lowest BCUT2D eigenvalue weighted by Gasteiger charge is -2.56. The summed E-state index contributed by atoms with van der Waals surface area (Å²) < 4.78 is 0. The van der Waals surface area contributed by atoms with Gasteiger partial charge in [0.25, 0.3) is 0 Å². The van der Waals surface area contributed by atoms with E-state index in [1.54, 1.807) is 5.57 Å². The highest BCUT2D eigenvalue weighted by Gasteiger charge is 2.50. The van der Waals surface area contributed by atoms with Crippen molar-refractivity contribution in [3.05, 3.63) is 37.0 Å². The largest absolute Gasteiger partial charge is 0.106 e. The van der Waals surface area contributed by atoms with Gasteiger partial charge < -0.3 is 0 Å². The molecule has 78 valence electrons. The zero-order valence-electron chi connectivity index (χ0n) is 9.77. The van der Waals surface area contributed by atoms with Crippen molar-refractivity contribution in [1.82, 2.24) is 0 Å². The third-order valence-electron chi connectivity index (χ3n) is 3.96. The molecule has 1 saturated carbocycles. The molecule has 2 unspecified atom stereocenters. The molecule has 0 saturated heterocycles. The first-order chi connectivity index (χ1) is 6.53. The van der Waals surface area contributed by atoms with E-state index in [2.05, 4.69) is 46.6 Å². The van der Waals surface area contributed by atoms with Gasteiger partial charge in [0.15, 0.2) is 0 Å². The van der Waals surface area contributed by atoms with E-state index in [4.69, 9.17) is 0 Å². The number of fused-ring (bicyclic) bond motifs is 1. The first-order valence-electron chi connectivity index (χ1n) is 5.39. The molecule has 0 heteroatoms. The topological polar surface area (TPSA) is 0 Å². The van der Waals surface area contributed by atoms with Crippen LogP contribution < -0.4 is 0 Å². The van der Waals surface area contributed by atoms with E-state index in [1.807, 2.05) is 0 Å². The van der Waals surface area contributed by atoms with Crippen molar-refractivity contribution in [3.63, 3.8) is 0 Å². The summed E-state index contributed by atoms with van der Waals surface area (Å²) in [6.07, 6.45) is 5.10. The van der Waals surface area contributed by atoms with Crippen molar-refractivity contribution in [1.29, 1.82) is 0 Å². The van der Waals surface area contributed by atoms with E-state index in [9.17, 15) is 0 Å². The minimum Gasteiger partial charge on any atom is -0.106 e. The van der Waals surface area contributed by atoms with Crippen molar-refractivity contribution in [2.24, 2.45) is 17.3 Å². The fourth-order valence-electron chi connectivity index (χ4n) is 2.83. The fourth-order valence-corrected chi connectivity index (χ4v) is 2.83. The summed E-state index contributed by atoms with van der Waals surface area (Å²) in [4.78, 5) is 0. The van der Waals surface area contributed by atoms with Gasteiger partial charge >= 0.3 is 0 Å². The van der Waals surface area contributed by atoms with E-state index < -0.39 is 0 Å². The molecule has 0 radical (unpaired) electrons. The normalized spacial score (nSPS) is 31.8. The summed E-state index contributed by atoms with van der Waals surface area (Å²) in [6.45, 7) is 17.0. The number of hydrogen-bond donors (Lipinski definition) is 0. The van der Waals surface area contributed by atoms with Crippen LogP contribution in [0.2, 0.25) is 0 Å². The molecule has 2 bridgehead atoms. The SMILES string of the molecule is C=C.C=C(C)C1=CCC2CC1C2(C)C. The van der Waals surface area contributed by atoms with Crippen molar-refractivity contribution in [2.45, 2.75) is 33.6 Å². The first kappa shape index (κ1) is 11.3. The quantitative estimate of drug-likeness (QED) is 0.539. The van der Waals surface area contributed by atoms with Crippen LogP contribution in [0.4, 0.5) is 0 Å². The van der Waals surface area contributed by atoms with Gasteiger partial charge in [-0.05, 0) is 42.6 Å². The maximum absolute atomic E-state index is 4.05. The van der Waals surface area contributed by atoms with Gasteiger partial charge in [0, 0.05) is 0 Å². The van der Waals surface area contributed by atoms with Crippen molar-refractivity contribution < 1.29 is 0 Å². The van der Waals surface area contributed by atoms with E-state index in [1.165, 1.54) is 18.4 Å². The number of hydrogen-bond acceptors (Lipinski definition) is 0. The minimum atomic E-state index is 0.559. The Bertz CT molecular complexity index is 268. The number of allylic oxidation sites excluding steroid dienone is 3. The molecule has 0 aromatic carbocycles. The van der Waals surface area contributed by atoms with Crippen molar-refractivity contribution in [2.75, 3.05) is 0 Å². The fraction of sp³-hybridized carbons (Fsp3) is 0.571. The van der Waals surface area contributed by atoms with Crippen LogP contribution in [0.1, 0.15) is 33.6 Å². The van der Waals surface area contributed by atoms with Gasteiger partial charge in [0.2, 0.25) is 0 Å². The second-order valence-electron chi connectivity index (χ2n) is 4.98. The molecule has 0 aromatic heterocycles. The van der Waals surface area contributed by atoms with Crippen LogP contribution in [0.5, 0.6) is 0 Å². The summed E-state index contributed by atoms with van der Waals surface area (Å²) in [5, 5.41) is 0. The van der Waals surface area contributed by atoms with E-state index in [0.717, 1.165) is 11.8 Å². The van der Waals surface area contributed by atoms with Crippen LogP contribution in [-0.2, 0) is 0 Å². The molecular formula is C14H22. The van der Waals surface area contributed by atoms with E-state index in [-0.39, 0.29) is 0 Å². The van der Waals surface area contributed by atoms with Gasteiger partial charge in [-0.15, -0.1) is 13.2 Å². The second kappa shape index (κ2) is 3.76. The molecule has 3 aliphatic carbocycles. The monoisotopic (exact) mass is 190 g/mol. The predicted octanol–water partition coefficient (Wildman–Crippen LogP) is 4.36. The Morgan fingerprint density at radius 3 is 2.29 bits per heavy atom. The molecule has 0 amide bonds. The summed E-state index contributed by atoms with van der Waals surface area (Å²) in [5.41, 5.74) is 3.39. The molecule has 14 heavy (non-hydrogen) atoms. The first-order valence-corrected chi connectivity index (χ1v) is 5.39. The highest BCUT2D eigenvalue weighted by atomic mass is 14.5.